The van der Waals surface area contributed by atoms with E-state index in [0.29, 0.717) is 10.8 Å². The number of hydrogen-bond donors (Lipinski definition) is 2. The van der Waals surface area contributed by atoms with Crippen LogP contribution in [0.25, 0.3) is 22.6 Å². The number of ether oxygens (including phenoxy) is 1. The molecule has 0 saturated carbocycles. The highest BCUT2D eigenvalue weighted by Gasteiger charge is 2.36. The number of carbonyl (C=O) groups is 1. The molecule has 0 saturated heterocycles. The van der Waals surface area contributed by atoms with Crippen LogP contribution in [0.15, 0.2) is 72.8 Å². The van der Waals surface area contributed by atoms with Crippen molar-refractivity contribution in [2.24, 2.45) is 0 Å². The van der Waals surface area contributed by atoms with E-state index in [4.69, 9.17) is 21.3 Å². The molecule has 5 nitrogen and oxygen atoms in total. The molecule has 1 amide bonds. The molecule has 148 valence electrons. The monoisotopic (exact) mass is 415 g/mol. The second-order valence-electron chi connectivity index (χ2n) is 7.10. The summed E-state index contributed by atoms with van der Waals surface area (Å²) in [7, 11) is 1.63. The van der Waals surface area contributed by atoms with Crippen LogP contribution in [0.1, 0.15) is 17.2 Å². The maximum Gasteiger partial charge on any atom is 0.238 e. The maximum atomic E-state index is 13.0. The third kappa shape index (κ3) is 3.13. The van der Waals surface area contributed by atoms with E-state index in [-0.39, 0.29) is 5.91 Å². The fraction of sp³-hybridized carbons (Fsp3) is 0.0833. The van der Waals surface area contributed by atoms with Gasteiger partial charge in [-0.3, -0.25) is 4.79 Å². The van der Waals surface area contributed by atoms with Gasteiger partial charge in [0.2, 0.25) is 5.91 Å². The number of rotatable bonds is 4. The number of methoxy groups -OCH3 is 1. The molecule has 0 bridgehead atoms. The Hall–Kier alpha value is -3.57. The Morgan fingerprint density at radius 1 is 0.967 bits per heavy atom. The van der Waals surface area contributed by atoms with Gasteiger partial charge in [-0.1, -0.05) is 41.9 Å². The van der Waals surface area contributed by atoms with Crippen molar-refractivity contribution in [3.8, 4) is 28.4 Å². The molecule has 6 heteroatoms. The van der Waals surface area contributed by atoms with Crippen molar-refractivity contribution in [3.05, 3.63) is 89.1 Å². The second kappa shape index (κ2) is 7.35. The third-order valence-corrected chi connectivity index (χ3v) is 5.51. The number of fused-ring (bicyclic) bond motifs is 1. The number of H-pyrrole nitrogens is 1. The van der Waals surface area contributed by atoms with Crippen molar-refractivity contribution in [3.63, 3.8) is 0 Å². The van der Waals surface area contributed by atoms with E-state index in [1.165, 1.54) is 0 Å². The summed E-state index contributed by atoms with van der Waals surface area (Å²) >= 11 is 6.24. The Labute approximate surface area is 178 Å². The van der Waals surface area contributed by atoms with Crippen LogP contribution in [0.4, 0.5) is 5.69 Å². The predicted molar refractivity (Wildman–Crippen MR) is 118 cm³/mol. The van der Waals surface area contributed by atoms with Crippen LogP contribution in [0, 0.1) is 0 Å². The molecule has 3 aromatic carbocycles. The number of aromatic nitrogens is 2. The highest BCUT2D eigenvalue weighted by atomic mass is 35.5. The van der Waals surface area contributed by atoms with E-state index in [1.54, 1.807) is 13.2 Å². The van der Waals surface area contributed by atoms with E-state index in [2.05, 4.69) is 10.3 Å². The van der Waals surface area contributed by atoms with E-state index >= 15 is 0 Å². The van der Waals surface area contributed by atoms with Crippen molar-refractivity contribution < 1.29 is 9.53 Å². The smallest absolute Gasteiger partial charge is 0.238 e. The van der Waals surface area contributed by atoms with E-state index < -0.39 is 5.92 Å². The first-order valence-electron chi connectivity index (χ1n) is 9.54. The highest BCUT2D eigenvalue weighted by molar-refractivity contribution is 6.31. The molecule has 1 aliphatic rings. The lowest BCUT2D eigenvalue weighted by Gasteiger charge is -2.10. The third-order valence-electron chi connectivity index (χ3n) is 5.28. The van der Waals surface area contributed by atoms with Crippen molar-refractivity contribution in [1.29, 1.82) is 0 Å². The van der Waals surface area contributed by atoms with Crippen LogP contribution in [0.2, 0.25) is 5.02 Å². The molecule has 2 heterocycles. The van der Waals surface area contributed by atoms with Gasteiger partial charge < -0.3 is 15.0 Å². The molecule has 2 N–H and O–H groups in total. The quantitative estimate of drug-likeness (QED) is 0.463. The Morgan fingerprint density at radius 2 is 1.73 bits per heavy atom. The molecular formula is C24H18ClN3O2. The van der Waals surface area contributed by atoms with Crippen molar-refractivity contribution in [1.82, 2.24) is 9.97 Å². The molecule has 4 aromatic rings. The van der Waals surface area contributed by atoms with Gasteiger partial charge in [-0.05, 0) is 48.0 Å². The first-order chi connectivity index (χ1) is 14.6. The molecule has 1 aromatic heterocycles. The molecule has 0 radical (unpaired) electrons. The number of amides is 1. The SMILES string of the molecule is COc1ccc(-c2nc(-c3ccccc3)[nH]c2C2C(=O)Nc3ccc(Cl)cc32)cc1. The van der Waals surface area contributed by atoms with Gasteiger partial charge in [0.1, 0.15) is 17.5 Å². The fourth-order valence-electron chi connectivity index (χ4n) is 3.82. The van der Waals surface area contributed by atoms with Crippen molar-refractivity contribution >= 4 is 23.2 Å². The largest absolute Gasteiger partial charge is 0.497 e. The number of nitrogens with one attached hydrogen (secondary N) is 2. The number of anilines is 1. The molecule has 5 rings (SSSR count). The number of carbonyl (C=O) groups excluding carboxylic acids is 1. The number of halogens is 1. The lowest BCUT2D eigenvalue weighted by Crippen LogP contribution is -2.14. The molecule has 1 unspecified atom stereocenters. The standard InChI is InChI=1S/C24H18ClN3O2/c1-30-17-10-7-14(8-11-17)21-22(28-23(27-21)15-5-3-2-4-6-15)20-18-13-16(25)9-12-19(18)26-24(20)29/h2-13,20H,1H3,(H,26,29)(H,27,28). The fourth-order valence-corrected chi connectivity index (χ4v) is 4.00. The Kier molecular flexibility index (Phi) is 4.52. The molecule has 0 fully saturated rings. The molecule has 0 spiro atoms. The van der Waals surface area contributed by atoms with Crippen LogP contribution >= 0.6 is 11.6 Å². The van der Waals surface area contributed by atoms with Crippen LogP contribution in [0.3, 0.4) is 0 Å². The predicted octanol–water partition coefficient (Wildman–Crippen LogP) is 5.49. The summed E-state index contributed by atoms with van der Waals surface area (Å²) in [6, 6.07) is 22.9. The number of aromatic amines is 1. The summed E-state index contributed by atoms with van der Waals surface area (Å²) in [5.74, 6) is 0.834. The van der Waals surface area contributed by atoms with Gasteiger partial charge in [0.25, 0.3) is 0 Å². The zero-order valence-electron chi connectivity index (χ0n) is 16.1. The zero-order chi connectivity index (χ0) is 20.7. The van der Waals surface area contributed by atoms with Crippen molar-refractivity contribution in [2.75, 3.05) is 12.4 Å². The highest BCUT2D eigenvalue weighted by Crippen LogP contribution is 2.42. The van der Waals surface area contributed by atoms with Crippen LogP contribution < -0.4 is 10.1 Å². The molecule has 1 atom stereocenters. The normalized spacial score (nSPS) is 15.0. The summed E-state index contributed by atoms with van der Waals surface area (Å²) in [5.41, 5.74) is 4.91. The minimum atomic E-state index is -0.527. The summed E-state index contributed by atoms with van der Waals surface area (Å²) < 4.78 is 5.28. The molecule has 0 aliphatic carbocycles. The summed E-state index contributed by atoms with van der Waals surface area (Å²) in [4.78, 5) is 21.2. The Balaban J connectivity index is 1.70. The van der Waals surface area contributed by atoms with Gasteiger partial charge in [-0.2, -0.15) is 0 Å². The summed E-state index contributed by atoms with van der Waals surface area (Å²) in [6.07, 6.45) is 0. The number of imidazole rings is 1. The molecule has 30 heavy (non-hydrogen) atoms. The second-order valence-corrected chi connectivity index (χ2v) is 7.53. The minimum Gasteiger partial charge on any atom is -0.497 e. The number of benzene rings is 3. The van der Waals surface area contributed by atoms with Crippen LogP contribution in [-0.2, 0) is 4.79 Å². The molecular weight excluding hydrogens is 398 g/mol. The maximum absolute atomic E-state index is 13.0. The topological polar surface area (TPSA) is 67.0 Å². The van der Waals surface area contributed by atoms with Gasteiger partial charge in [0, 0.05) is 21.8 Å². The van der Waals surface area contributed by atoms with Gasteiger partial charge in [0.15, 0.2) is 0 Å². The zero-order valence-corrected chi connectivity index (χ0v) is 16.9. The van der Waals surface area contributed by atoms with Crippen LogP contribution in [-0.4, -0.2) is 23.0 Å². The summed E-state index contributed by atoms with van der Waals surface area (Å²) in [5, 5.41) is 3.54. The minimum absolute atomic E-state index is 0.106. The van der Waals surface area contributed by atoms with Crippen LogP contribution in [0.5, 0.6) is 5.75 Å². The van der Waals surface area contributed by atoms with Crippen molar-refractivity contribution in [2.45, 2.75) is 5.92 Å². The Morgan fingerprint density at radius 3 is 2.47 bits per heavy atom. The van der Waals surface area contributed by atoms with E-state index in [0.717, 1.165) is 39.5 Å². The van der Waals surface area contributed by atoms with Gasteiger partial charge in [0.05, 0.1) is 18.5 Å². The first kappa shape index (κ1) is 18.5. The average Bonchev–Trinajstić information content (AvgIpc) is 3.34. The van der Waals surface area contributed by atoms with E-state index in [9.17, 15) is 4.79 Å². The van der Waals surface area contributed by atoms with Gasteiger partial charge in [-0.25, -0.2) is 4.98 Å². The average molecular weight is 416 g/mol. The Bertz CT molecular complexity index is 1230. The number of hydrogen-bond acceptors (Lipinski definition) is 3. The lowest BCUT2D eigenvalue weighted by atomic mass is 9.94. The lowest BCUT2D eigenvalue weighted by molar-refractivity contribution is -0.116. The molecule has 1 aliphatic heterocycles. The van der Waals surface area contributed by atoms with Gasteiger partial charge in [-0.15, -0.1) is 0 Å². The van der Waals surface area contributed by atoms with Gasteiger partial charge >= 0.3 is 0 Å². The number of nitrogens with zero attached hydrogens (tertiary/aromatic N) is 1. The first-order valence-corrected chi connectivity index (χ1v) is 9.92. The summed E-state index contributed by atoms with van der Waals surface area (Å²) in [6.45, 7) is 0. The van der Waals surface area contributed by atoms with E-state index in [1.807, 2.05) is 66.7 Å².